The van der Waals surface area contributed by atoms with E-state index >= 15 is 0 Å². The van der Waals surface area contributed by atoms with Gasteiger partial charge in [-0.2, -0.15) is 11.8 Å². The highest BCUT2D eigenvalue weighted by Crippen LogP contribution is 2.21. The van der Waals surface area contributed by atoms with Crippen LogP contribution >= 0.6 is 11.8 Å². The van der Waals surface area contributed by atoms with Crippen molar-refractivity contribution < 1.29 is 24.3 Å². The Kier molecular flexibility index (Phi) is 10.4. The SMILES string of the molecule is CSCCC(N)C(=O)N1CCCC1C(=O)NC(Cc1ccccc1)C(=O)NC(Cc1c[nH]c2ccccc12)C(=O)O. The lowest BCUT2D eigenvalue weighted by Gasteiger charge is -2.28. The maximum atomic E-state index is 13.5. The van der Waals surface area contributed by atoms with Crippen LogP contribution in [-0.2, 0) is 32.0 Å². The van der Waals surface area contributed by atoms with Crippen molar-refractivity contribution in [2.75, 3.05) is 18.6 Å². The topological polar surface area (TPSA) is 158 Å². The zero-order valence-electron chi connectivity index (χ0n) is 23.0. The van der Waals surface area contributed by atoms with Crippen LogP contribution in [0.2, 0.25) is 0 Å². The van der Waals surface area contributed by atoms with Gasteiger partial charge in [-0.1, -0.05) is 48.5 Å². The van der Waals surface area contributed by atoms with Gasteiger partial charge in [-0.3, -0.25) is 14.4 Å². The number of H-pyrrole nitrogens is 1. The summed E-state index contributed by atoms with van der Waals surface area (Å²) in [5.74, 6) is -1.78. The molecule has 1 aromatic heterocycles. The van der Waals surface area contributed by atoms with Crippen molar-refractivity contribution >= 4 is 46.4 Å². The number of para-hydroxylation sites is 1. The predicted molar refractivity (Wildman–Crippen MR) is 159 cm³/mol. The predicted octanol–water partition coefficient (Wildman–Crippen LogP) is 2.08. The minimum absolute atomic E-state index is 0.0654. The number of likely N-dealkylation sites (tertiary alicyclic amines) is 1. The first kappa shape index (κ1) is 30.1. The fraction of sp³-hybridized carbons (Fsp3) is 0.400. The zero-order chi connectivity index (χ0) is 29.4. The van der Waals surface area contributed by atoms with E-state index in [1.165, 1.54) is 4.90 Å². The normalized spacial score (nSPS) is 17.1. The third kappa shape index (κ3) is 7.68. The van der Waals surface area contributed by atoms with E-state index in [0.29, 0.717) is 25.8 Å². The summed E-state index contributed by atoms with van der Waals surface area (Å²) in [6.45, 7) is 0.422. The Bertz CT molecular complexity index is 1360. The van der Waals surface area contributed by atoms with E-state index in [1.54, 1.807) is 18.0 Å². The smallest absolute Gasteiger partial charge is 0.326 e. The molecule has 0 spiro atoms. The van der Waals surface area contributed by atoms with E-state index < -0.39 is 42.0 Å². The lowest BCUT2D eigenvalue weighted by molar-refractivity contribution is -0.143. The second-order valence-corrected chi connectivity index (χ2v) is 11.3. The molecule has 218 valence electrons. The Balaban J connectivity index is 1.50. The second kappa shape index (κ2) is 14.2. The first-order valence-electron chi connectivity index (χ1n) is 13.8. The van der Waals surface area contributed by atoms with E-state index in [-0.39, 0.29) is 18.7 Å². The van der Waals surface area contributed by atoms with E-state index in [0.717, 1.165) is 27.8 Å². The number of carbonyl (C=O) groups is 4. The minimum Gasteiger partial charge on any atom is -0.480 e. The molecule has 3 aromatic rings. The van der Waals surface area contributed by atoms with E-state index in [1.807, 2.05) is 60.9 Å². The average molecular weight is 580 g/mol. The Morgan fingerprint density at radius 3 is 2.51 bits per heavy atom. The summed E-state index contributed by atoms with van der Waals surface area (Å²) in [7, 11) is 0. The third-order valence-corrected chi connectivity index (χ3v) is 8.06. The molecule has 4 atom stereocenters. The zero-order valence-corrected chi connectivity index (χ0v) is 23.9. The Morgan fingerprint density at radius 2 is 1.78 bits per heavy atom. The monoisotopic (exact) mass is 579 g/mol. The average Bonchev–Trinajstić information content (AvgIpc) is 3.63. The molecule has 41 heavy (non-hydrogen) atoms. The number of aliphatic carboxylic acids is 1. The standard InChI is InChI=1S/C30H37N5O5S/c1-41-15-13-22(31)29(38)35-14-7-12-26(35)28(37)33-24(16-19-8-3-2-4-9-19)27(36)34-25(30(39)40)17-20-18-32-23-11-6-5-10-21(20)23/h2-6,8-11,18,22,24-26,32H,7,12-17,31H2,1H3,(H,33,37)(H,34,36)(H,39,40). The van der Waals surface area contributed by atoms with Gasteiger partial charge in [0.05, 0.1) is 6.04 Å². The number of amides is 3. The molecular formula is C30H37N5O5S. The number of aromatic nitrogens is 1. The number of carboxylic acid groups (broad SMARTS) is 1. The summed E-state index contributed by atoms with van der Waals surface area (Å²) >= 11 is 1.60. The van der Waals surface area contributed by atoms with Crippen LogP contribution in [0.5, 0.6) is 0 Å². The largest absolute Gasteiger partial charge is 0.480 e. The number of fused-ring (bicyclic) bond motifs is 1. The van der Waals surface area contributed by atoms with Gasteiger partial charge >= 0.3 is 5.97 Å². The van der Waals surface area contributed by atoms with E-state index in [2.05, 4.69) is 15.6 Å². The molecule has 1 aliphatic heterocycles. The van der Waals surface area contributed by atoms with Gasteiger partial charge in [0.15, 0.2) is 0 Å². The van der Waals surface area contributed by atoms with Gasteiger partial charge in [0.25, 0.3) is 0 Å². The maximum absolute atomic E-state index is 13.5. The molecule has 1 aliphatic rings. The minimum atomic E-state index is -1.21. The fourth-order valence-corrected chi connectivity index (χ4v) is 5.69. The lowest BCUT2D eigenvalue weighted by Crippen LogP contribution is -2.57. The quantitative estimate of drug-likeness (QED) is 0.207. The van der Waals surface area contributed by atoms with Gasteiger partial charge in [-0.15, -0.1) is 0 Å². The van der Waals surface area contributed by atoms with Crippen molar-refractivity contribution in [2.45, 2.75) is 56.3 Å². The van der Waals surface area contributed by atoms with Crippen molar-refractivity contribution in [3.8, 4) is 0 Å². The summed E-state index contributed by atoms with van der Waals surface area (Å²) in [5, 5.41) is 16.3. The number of carboxylic acids is 1. The van der Waals surface area contributed by atoms with Crippen LogP contribution in [0.4, 0.5) is 0 Å². The van der Waals surface area contributed by atoms with Crippen LogP contribution in [0.15, 0.2) is 60.8 Å². The van der Waals surface area contributed by atoms with Crippen LogP contribution < -0.4 is 16.4 Å². The third-order valence-electron chi connectivity index (χ3n) is 7.42. The number of aromatic amines is 1. The van der Waals surface area contributed by atoms with Crippen molar-refractivity contribution in [1.82, 2.24) is 20.5 Å². The van der Waals surface area contributed by atoms with E-state index in [4.69, 9.17) is 5.73 Å². The number of nitrogens with two attached hydrogens (primary N) is 1. The molecule has 6 N–H and O–H groups in total. The molecule has 2 aromatic carbocycles. The van der Waals surface area contributed by atoms with Gasteiger partial charge in [-0.25, -0.2) is 4.79 Å². The molecule has 10 nitrogen and oxygen atoms in total. The van der Waals surface area contributed by atoms with Crippen LogP contribution in [0, 0.1) is 0 Å². The van der Waals surface area contributed by atoms with Crippen LogP contribution in [0.25, 0.3) is 10.9 Å². The molecular weight excluding hydrogens is 542 g/mol. The second-order valence-electron chi connectivity index (χ2n) is 10.3. The molecule has 3 amide bonds. The molecule has 0 aliphatic carbocycles. The highest BCUT2D eigenvalue weighted by atomic mass is 32.2. The molecule has 11 heteroatoms. The number of hydrogen-bond acceptors (Lipinski definition) is 6. The number of nitrogens with zero attached hydrogens (tertiary/aromatic N) is 1. The maximum Gasteiger partial charge on any atom is 0.326 e. The van der Waals surface area contributed by atoms with Crippen molar-refractivity contribution in [3.63, 3.8) is 0 Å². The Hall–Kier alpha value is -3.83. The van der Waals surface area contributed by atoms with Crippen molar-refractivity contribution in [3.05, 3.63) is 71.9 Å². The summed E-state index contributed by atoms with van der Waals surface area (Å²) in [6, 6.07) is 13.0. The highest BCUT2D eigenvalue weighted by Gasteiger charge is 2.38. The lowest BCUT2D eigenvalue weighted by atomic mass is 10.0. The number of carbonyl (C=O) groups excluding carboxylic acids is 3. The van der Waals surface area contributed by atoms with Gasteiger partial charge < -0.3 is 31.4 Å². The van der Waals surface area contributed by atoms with Gasteiger partial charge in [0.1, 0.15) is 18.1 Å². The first-order valence-corrected chi connectivity index (χ1v) is 15.1. The molecule has 4 rings (SSSR count). The molecule has 0 saturated carbocycles. The number of thioether (sulfide) groups is 1. The summed E-state index contributed by atoms with van der Waals surface area (Å²) in [4.78, 5) is 56.9. The van der Waals surface area contributed by atoms with Gasteiger partial charge in [0, 0.05) is 36.5 Å². The van der Waals surface area contributed by atoms with Crippen molar-refractivity contribution in [1.29, 1.82) is 0 Å². The molecule has 0 bridgehead atoms. The highest BCUT2D eigenvalue weighted by molar-refractivity contribution is 7.98. The number of hydrogen-bond donors (Lipinski definition) is 5. The van der Waals surface area contributed by atoms with Crippen LogP contribution in [-0.4, -0.2) is 81.4 Å². The van der Waals surface area contributed by atoms with Crippen molar-refractivity contribution in [2.24, 2.45) is 5.73 Å². The fourth-order valence-electron chi connectivity index (χ4n) is 5.20. The van der Waals surface area contributed by atoms with Crippen LogP contribution in [0.1, 0.15) is 30.4 Å². The van der Waals surface area contributed by atoms with Gasteiger partial charge in [-0.05, 0) is 48.5 Å². The molecule has 2 heterocycles. The Labute approximate surface area is 243 Å². The Morgan fingerprint density at radius 1 is 1.05 bits per heavy atom. The molecule has 1 fully saturated rings. The summed E-state index contributed by atoms with van der Waals surface area (Å²) in [6.07, 6.45) is 5.53. The number of rotatable bonds is 13. The summed E-state index contributed by atoms with van der Waals surface area (Å²) < 4.78 is 0. The van der Waals surface area contributed by atoms with E-state index in [9.17, 15) is 24.3 Å². The summed E-state index contributed by atoms with van der Waals surface area (Å²) in [5.41, 5.74) is 8.54. The van der Waals surface area contributed by atoms with Gasteiger partial charge in [0.2, 0.25) is 17.7 Å². The number of benzene rings is 2. The number of nitrogens with one attached hydrogen (secondary N) is 3. The molecule has 0 radical (unpaired) electrons. The van der Waals surface area contributed by atoms with Crippen LogP contribution in [0.3, 0.4) is 0 Å². The first-order chi connectivity index (χ1) is 19.8. The molecule has 1 saturated heterocycles. The molecule has 4 unspecified atom stereocenters.